The Balaban J connectivity index is 1.60. The van der Waals surface area contributed by atoms with Gasteiger partial charge < -0.3 is 19.3 Å². The van der Waals surface area contributed by atoms with Crippen molar-refractivity contribution in [2.45, 2.75) is 51.4 Å². The van der Waals surface area contributed by atoms with Crippen LogP contribution in [0.15, 0.2) is 60.7 Å². The summed E-state index contributed by atoms with van der Waals surface area (Å²) in [5.74, 6) is 1.46. The second-order valence-corrected chi connectivity index (χ2v) is 9.45. The Morgan fingerprint density at radius 3 is 2.58 bits per heavy atom. The summed E-state index contributed by atoms with van der Waals surface area (Å²) in [5, 5.41) is 15.7. The number of aliphatic hydroxyl groups excluding tert-OH is 1. The van der Waals surface area contributed by atoms with Crippen LogP contribution in [0.3, 0.4) is 0 Å². The highest BCUT2D eigenvalue weighted by atomic mass is 16.5. The van der Waals surface area contributed by atoms with E-state index < -0.39 is 6.10 Å². The molecule has 0 amide bonds. The van der Waals surface area contributed by atoms with E-state index in [1.165, 1.54) is 0 Å². The quantitative estimate of drug-likeness (QED) is 0.318. The van der Waals surface area contributed by atoms with Crippen molar-refractivity contribution in [2.24, 2.45) is 7.05 Å². The number of ether oxygens (including phenoxy) is 3. The molecule has 3 aromatic rings. The Morgan fingerprint density at radius 2 is 1.89 bits per heavy atom. The summed E-state index contributed by atoms with van der Waals surface area (Å²) in [5.41, 5.74) is 2.91. The highest BCUT2D eigenvalue weighted by Crippen LogP contribution is 2.34. The smallest absolute Gasteiger partial charge is 0.222 e. The molecule has 2 heterocycles. The number of hydrogen-bond acceptors (Lipinski definition) is 6. The van der Waals surface area contributed by atoms with E-state index in [0.717, 1.165) is 61.4 Å². The van der Waals surface area contributed by atoms with E-state index in [0.29, 0.717) is 32.2 Å². The number of rotatable bonds is 14. The fraction of sp³-hybridized carbons (Fsp3) is 0.483. The lowest BCUT2D eigenvalue weighted by Gasteiger charge is -2.27. The maximum atomic E-state index is 10.8. The van der Waals surface area contributed by atoms with Crippen LogP contribution in [-0.4, -0.2) is 64.9 Å². The number of aryl methyl sites for hydroxylation is 1. The Labute approximate surface area is 214 Å². The van der Waals surface area contributed by atoms with Crippen LogP contribution in [0.2, 0.25) is 0 Å². The molecule has 1 fully saturated rings. The monoisotopic (exact) mass is 493 g/mol. The van der Waals surface area contributed by atoms with E-state index >= 15 is 0 Å². The fourth-order valence-corrected chi connectivity index (χ4v) is 4.57. The lowest BCUT2D eigenvalue weighted by atomic mass is 10.1. The second-order valence-electron chi connectivity index (χ2n) is 9.45. The Kier molecular flexibility index (Phi) is 9.93. The Bertz CT molecular complexity index is 1040. The number of benzene rings is 2. The molecule has 0 bridgehead atoms. The first-order valence-corrected chi connectivity index (χ1v) is 13.1. The number of hydrogen-bond donors (Lipinski definition) is 1. The molecule has 1 aliphatic heterocycles. The van der Waals surface area contributed by atoms with Crippen molar-refractivity contribution in [3.63, 3.8) is 0 Å². The molecule has 0 radical (unpaired) electrons. The number of aromatic nitrogens is 2. The van der Waals surface area contributed by atoms with Gasteiger partial charge in [-0.05, 0) is 31.4 Å². The third-order valence-corrected chi connectivity index (χ3v) is 6.38. The number of nitrogens with zero attached hydrogens (tertiary/aromatic N) is 3. The summed E-state index contributed by atoms with van der Waals surface area (Å²) < 4.78 is 19.8. The van der Waals surface area contributed by atoms with Gasteiger partial charge in [-0.3, -0.25) is 4.90 Å². The van der Waals surface area contributed by atoms with Gasteiger partial charge in [0.25, 0.3) is 0 Å². The molecule has 2 aromatic carbocycles. The minimum absolute atomic E-state index is 0.161. The van der Waals surface area contributed by atoms with Crippen LogP contribution in [0.4, 0.5) is 0 Å². The summed E-state index contributed by atoms with van der Waals surface area (Å²) in [6.07, 6.45) is 3.77. The fourth-order valence-electron chi connectivity index (χ4n) is 4.57. The molecule has 1 aromatic heterocycles. The molecule has 7 heteroatoms. The van der Waals surface area contributed by atoms with E-state index in [1.807, 2.05) is 55.6 Å². The SMILES string of the molecule is CCCCOC[C@@H](O)CN(Cc1c(-c2ccccc2)nn(C)c1Oc1ccccc1)C[C@@H]1CCCO1. The van der Waals surface area contributed by atoms with Crippen molar-refractivity contribution in [3.8, 4) is 22.9 Å². The minimum atomic E-state index is -0.585. The van der Waals surface area contributed by atoms with Crippen molar-refractivity contribution < 1.29 is 19.3 Å². The van der Waals surface area contributed by atoms with Crippen molar-refractivity contribution in [3.05, 3.63) is 66.2 Å². The van der Waals surface area contributed by atoms with Gasteiger partial charge in [0, 0.05) is 45.5 Å². The minimum Gasteiger partial charge on any atom is -0.439 e. The van der Waals surface area contributed by atoms with Crippen molar-refractivity contribution in [2.75, 3.05) is 32.9 Å². The van der Waals surface area contributed by atoms with Gasteiger partial charge in [0.05, 0.1) is 24.4 Å². The van der Waals surface area contributed by atoms with E-state index in [-0.39, 0.29) is 6.10 Å². The Morgan fingerprint density at radius 1 is 1.14 bits per heavy atom. The van der Waals surface area contributed by atoms with Crippen molar-refractivity contribution in [1.29, 1.82) is 0 Å². The lowest BCUT2D eigenvalue weighted by Crippen LogP contribution is -2.39. The van der Waals surface area contributed by atoms with Gasteiger partial charge in [-0.2, -0.15) is 5.10 Å². The molecular weight excluding hydrogens is 454 g/mol. The predicted octanol–water partition coefficient (Wildman–Crippen LogP) is 5.04. The molecule has 194 valence electrons. The lowest BCUT2D eigenvalue weighted by molar-refractivity contribution is 0.00144. The molecule has 0 aliphatic carbocycles. The molecular formula is C29H39N3O4. The number of para-hydroxylation sites is 1. The van der Waals surface area contributed by atoms with Crippen molar-refractivity contribution >= 4 is 0 Å². The van der Waals surface area contributed by atoms with Gasteiger partial charge in [-0.25, -0.2) is 4.68 Å². The van der Waals surface area contributed by atoms with Gasteiger partial charge >= 0.3 is 0 Å². The standard InChI is InChI=1S/C29H39N3O4/c1-3-4-17-34-22-24(33)19-32(20-26-16-11-18-35-26)21-27-28(23-12-7-5-8-13-23)30-31(2)29(27)36-25-14-9-6-10-15-25/h5-10,12-15,24,26,33H,3-4,11,16-22H2,1-2H3/t24-,26-/m0/s1. The molecule has 2 atom stereocenters. The first kappa shape index (κ1) is 26.4. The van der Waals surface area contributed by atoms with Crippen LogP contribution in [0.5, 0.6) is 11.6 Å². The summed E-state index contributed by atoms with van der Waals surface area (Å²) in [7, 11) is 1.91. The highest BCUT2D eigenvalue weighted by molar-refractivity contribution is 5.65. The topological polar surface area (TPSA) is 69.0 Å². The first-order chi connectivity index (χ1) is 17.6. The van der Waals surface area contributed by atoms with Gasteiger partial charge in [0.2, 0.25) is 5.88 Å². The van der Waals surface area contributed by atoms with Crippen LogP contribution in [0.25, 0.3) is 11.3 Å². The van der Waals surface area contributed by atoms with Gasteiger partial charge in [-0.15, -0.1) is 0 Å². The molecule has 4 rings (SSSR count). The molecule has 0 unspecified atom stereocenters. The second kappa shape index (κ2) is 13.6. The molecule has 1 N–H and O–H groups in total. The van der Waals surface area contributed by atoms with Crippen LogP contribution in [0, 0.1) is 0 Å². The zero-order valence-electron chi connectivity index (χ0n) is 21.5. The van der Waals surface area contributed by atoms with Crippen LogP contribution in [0.1, 0.15) is 38.2 Å². The van der Waals surface area contributed by atoms with Crippen LogP contribution in [-0.2, 0) is 23.1 Å². The maximum Gasteiger partial charge on any atom is 0.222 e. The van der Waals surface area contributed by atoms with Crippen molar-refractivity contribution in [1.82, 2.24) is 14.7 Å². The number of aliphatic hydroxyl groups is 1. The third kappa shape index (κ3) is 7.40. The van der Waals surface area contributed by atoms with Crippen LogP contribution >= 0.6 is 0 Å². The normalized spacial score (nSPS) is 16.5. The van der Waals surface area contributed by atoms with Crippen LogP contribution < -0.4 is 4.74 Å². The largest absolute Gasteiger partial charge is 0.439 e. The predicted molar refractivity (Wildman–Crippen MR) is 141 cm³/mol. The summed E-state index contributed by atoms with van der Waals surface area (Å²) in [4.78, 5) is 2.26. The van der Waals surface area contributed by atoms with E-state index in [4.69, 9.17) is 19.3 Å². The maximum absolute atomic E-state index is 10.8. The Hall–Kier alpha value is -2.71. The van der Waals surface area contributed by atoms with E-state index in [9.17, 15) is 5.11 Å². The van der Waals surface area contributed by atoms with Gasteiger partial charge in [0.15, 0.2) is 0 Å². The summed E-state index contributed by atoms with van der Waals surface area (Å²) in [6.45, 7) is 5.73. The third-order valence-electron chi connectivity index (χ3n) is 6.38. The zero-order valence-corrected chi connectivity index (χ0v) is 21.5. The van der Waals surface area contributed by atoms with E-state index in [2.05, 4.69) is 24.0 Å². The van der Waals surface area contributed by atoms with Gasteiger partial charge in [0.1, 0.15) is 11.4 Å². The average molecular weight is 494 g/mol. The molecule has 0 spiro atoms. The molecule has 1 aliphatic rings. The van der Waals surface area contributed by atoms with Gasteiger partial charge in [-0.1, -0.05) is 61.9 Å². The summed E-state index contributed by atoms with van der Waals surface area (Å²) >= 11 is 0. The van der Waals surface area contributed by atoms with E-state index in [1.54, 1.807) is 4.68 Å². The molecule has 0 saturated carbocycles. The first-order valence-electron chi connectivity index (χ1n) is 13.1. The zero-order chi connectivity index (χ0) is 25.2. The number of unbranched alkanes of at least 4 members (excludes halogenated alkanes) is 1. The molecule has 36 heavy (non-hydrogen) atoms. The molecule has 7 nitrogen and oxygen atoms in total. The summed E-state index contributed by atoms with van der Waals surface area (Å²) in [6, 6.07) is 20.0. The molecule has 1 saturated heterocycles. The average Bonchev–Trinajstić information content (AvgIpc) is 3.51. The highest BCUT2D eigenvalue weighted by Gasteiger charge is 2.26.